The topological polar surface area (TPSA) is 60.7 Å². The smallest absolute Gasteiger partial charge is 0.123 e. The van der Waals surface area contributed by atoms with Crippen LogP contribution in [0.4, 0.5) is 4.39 Å². The Morgan fingerprint density at radius 3 is 2.56 bits per heavy atom. The highest BCUT2D eigenvalue weighted by atomic mass is 32.1. The van der Waals surface area contributed by atoms with Crippen molar-refractivity contribution in [3.63, 3.8) is 0 Å². The first kappa shape index (κ1) is 13.4. The van der Waals surface area contributed by atoms with E-state index in [1.165, 1.54) is 12.1 Å². The fourth-order valence-corrected chi connectivity index (χ4v) is 1.75. The molecule has 0 radical (unpaired) electrons. The molecule has 0 saturated heterocycles. The molecule has 5 heteroatoms. The molecule has 1 aromatic carbocycles. The van der Waals surface area contributed by atoms with Crippen molar-refractivity contribution in [1.29, 1.82) is 0 Å². The Morgan fingerprint density at radius 1 is 1.31 bits per heavy atom. The molecular weight excluding hydrogens is 231 g/mol. The van der Waals surface area contributed by atoms with Crippen LogP contribution in [0.1, 0.15) is 23.7 Å². The van der Waals surface area contributed by atoms with Crippen LogP contribution < -0.4 is 0 Å². The van der Waals surface area contributed by atoms with Gasteiger partial charge in [-0.05, 0) is 35.4 Å². The van der Waals surface area contributed by atoms with Gasteiger partial charge in [0.15, 0.2) is 0 Å². The molecule has 0 spiro atoms. The number of rotatable bonds is 5. The maximum Gasteiger partial charge on any atom is 0.123 e. The van der Waals surface area contributed by atoms with E-state index in [9.17, 15) is 14.6 Å². The third kappa shape index (κ3) is 3.18. The lowest BCUT2D eigenvalue weighted by Gasteiger charge is -2.19. The zero-order valence-corrected chi connectivity index (χ0v) is 9.57. The number of halogens is 1. The second kappa shape index (κ2) is 6.20. The molecule has 2 unspecified atom stereocenters. The molecule has 0 aliphatic carbocycles. The van der Waals surface area contributed by atoms with Crippen molar-refractivity contribution in [3.8, 4) is 0 Å². The summed E-state index contributed by atoms with van der Waals surface area (Å²) in [6.45, 7) is -0.305. The van der Waals surface area contributed by atoms with E-state index in [0.29, 0.717) is 17.7 Å². The quantitative estimate of drug-likeness (QED) is 0.587. The molecule has 0 heterocycles. The van der Waals surface area contributed by atoms with Gasteiger partial charge < -0.3 is 15.3 Å². The summed E-state index contributed by atoms with van der Waals surface area (Å²) in [5.41, 5.74) is 0.629. The van der Waals surface area contributed by atoms with E-state index in [4.69, 9.17) is 5.11 Å². The van der Waals surface area contributed by atoms with Gasteiger partial charge in [0.05, 0.1) is 12.7 Å². The monoisotopic (exact) mass is 246 g/mol. The van der Waals surface area contributed by atoms with Crippen molar-refractivity contribution >= 4 is 12.6 Å². The van der Waals surface area contributed by atoms with E-state index in [-0.39, 0.29) is 12.2 Å². The molecule has 0 amide bonds. The average Bonchev–Trinajstić information content (AvgIpc) is 2.28. The summed E-state index contributed by atoms with van der Waals surface area (Å²) in [6.07, 6.45) is -1.92. The van der Waals surface area contributed by atoms with Crippen LogP contribution in [0, 0.1) is 5.82 Å². The van der Waals surface area contributed by atoms with Gasteiger partial charge in [0.2, 0.25) is 0 Å². The Hall–Kier alpha value is -0.620. The number of aliphatic hydroxyl groups excluding tert-OH is 3. The van der Waals surface area contributed by atoms with E-state index in [2.05, 4.69) is 12.6 Å². The molecular formula is C11H15FO3S. The van der Waals surface area contributed by atoms with Gasteiger partial charge >= 0.3 is 0 Å². The van der Waals surface area contributed by atoms with Crippen molar-refractivity contribution in [3.05, 3.63) is 35.1 Å². The normalized spacial score (nSPS) is 14.8. The second-order valence-electron chi connectivity index (χ2n) is 3.53. The number of benzene rings is 1. The number of thiol groups is 1. The van der Waals surface area contributed by atoms with E-state index in [1.807, 2.05) is 0 Å². The lowest BCUT2D eigenvalue weighted by Crippen LogP contribution is -2.20. The number of hydrogen-bond acceptors (Lipinski definition) is 4. The van der Waals surface area contributed by atoms with Crippen molar-refractivity contribution in [2.75, 3.05) is 5.75 Å². The van der Waals surface area contributed by atoms with E-state index in [0.717, 1.165) is 6.07 Å². The van der Waals surface area contributed by atoms with E-state index >= 15 is 0 Å². The van der Waals surface area contributed by atoms with Crippen LogP contribution in [-0.2, 0) is 6.61 Å². The van der Waals surface area contributed by atoms with Gasteiger partial charge in [-0.2, -0.15) is 12.6 Å². The average molecular weight is 246 g/mol. The number of hydrogen-bond donors (Lipinski definition) is 4. The van der Waals surface area contributed by atoms with Crippen molar-refractivity contribution in [1.82, 2.24) is 0 Å². The van der Waals surface area contributed by atoms with Crippen LogP contribution >= 0.6 is 12.6 Å². The van der Waals surface area contributed by atoms with Crippen molar-refractivity contribution in [2.24, 2.45) is 0 Å². The minimum atomic E-state index is -1.20. The third-order valence-corrected chi connectivity index (χ3v) is 2.64. The second-order valence-corrected chi connectivity index (χ2v) is 3.97. The summed E-state index contributed by atoms with van der Waals surface area (Å²) in [7, 11) is 0. The molecule has 2 atom stereocenters. The fourth-order valence-electron chi connectivity index (χ4n) is 1.48. The highest BCUT2D eigenvalue weighted by Crippen LogP contribution is 2.24. The summed E-state index contributed by atoms with van der Waals surface area (Å²) in [5.74, 6) is -0.0912. The Labute approximate surface area is 99.0 Å². The maximum absolute atomic E-state index is 13.0. The maximum atomic E-state index is 13.0. The molecule has 1 aromatic rings. The lowest BCUT2D eigenvalue weighted by molar-refractivity contribution is 0.0159. The summed E-state index contributed by atoms with van der Waals surface area (Å²) in [4.78, 5) is 0. The van der Waals surface area contributed by atoms with Crippen molar-refractivity contribution in [2.45, 2.75) is 25.2 Å². The molecule has 0 aliphatic rings. The molecule has 0 bridgehead atoms. The number of aliphatic hydroxyl groups is 3. The highest BCUT2D eigenvalue weighted by Gasteiger charge is 2.20. The molecule has 0 saturated carbocycles. The van der Waals surface area contributed by atoms with Crippen LogP contribution in [0.15, 0.2) is 18.2 Å². The molecule has 0 aliphatic heterocycles. The van der Waals surface area contributed by atoms with E-state index < -0.39 is 18.0 Å². The first-order chi connectivity index (χ1) is 7.60. The fraction of sp³-hybridized carbons (Fsp3) is 0.455. The lowest BCUT2D eigenvalue weighted by atomic mass is 9.97. The largest absolute Gasteiger partial charge is 0.392 e. The van der Waals surface area contributed by atoms with Gasteiger partial charge in [-0.15, -0.1) is 0 Å². The molecule has 90 valence electrons. The summed E-state index contributed by atoms with van der Waals surface area (Å²) in [5, 5.41) is 28.4. The summed E-state index contributed by atoms with van der Waals surface area (Å²) in [6, 6.07) is 3.71. The Bertz CT molecular complexity index is 346. The SMILES string of the molecule is OCc1ccc(F)cc1C(O)C(O)CCS. The zero-order chi connectivity index (χ0) is 12.1. The summed E-state index contributed by atoms with van der Waals surface area (Å²) >= 11 is 3.94. The standard InChI is InChI=1S/C11H15FO3S/c12-8-2-1-7(6-13)9(5-8)11(15)10(14)3-4-16/h1-2,5,10-11,13-16H,3-4,6H2. The van der Waals surface area contributed by atoms with Gasteiger partial charge in [-0.3, -0.25) is 0 Å². The van der Waals surface area contributed by atoms with Gasteiger partial charge in [-0.25, -0.2) is 4.39 Å². The molecule has 3 nitrogen and oxygen atoms in total. The third-order valence-electron chi connectivity index (χ3n) is 2.39. The van der Waals surface area contributed by atoms with Gasteiger partial charge in [-0.1, -0.05) is 6.07 Å². The Morgan fingerprint density at radius 2 is 2.00 bits per heavy atom. The molecule has 3 N–H and O–H groups in total. The minimum Gasteiger partial charge on any atom is -0.392 e. The predicted octanol–water partition coefficient (Wildman–Crippen LogP) is 1.03. The summed E-state index contributed by atoms with van der Waals surface area (Å²) < 4.78 is 13.0. The molecule has 0 aromatic heterocycles. The minimum absolute atomic E-state index is 0.219. The molecule has 1 rings (SSSR count). The van der Waals surface area contributed by atoms with Crippen molar-refractivity contribution < 1.29 is 19.7 Å². The molecule has 16 heavy (non-hydrogen) atoms. The first-order valence-corrected chi connectivity index (χ1v) is 5.59. The van der Waals surface area contributed by atoms with Crippen LogP contribution in [0.25, 0.3) is 0 Å². The zero-order valence-electron chi connectivity index (χ0n) is 8.67. The van der Waals surface area contributed by atoms with Crippen LogP contribution in [-0.4, -0.2) is 27.2 Å². The first-order valence-electron chi connectivity index (χ1n) is 4.96. The Balaban J connectivity index is 2.96. The van der Waals surface area contributed by atoms with Crippen LogP contribution in [0.5, 0.6) is 0 Å². The Kier molecular flexibility index (Phi) is 5.21. The predicted molar refractivity (Wildman–Crippen MR) is 61.8 cm³/mol. The molecule has 0 fully saturated rings. The van der Waals surface area contributed by atoms with Gasteiger partial charge in [0.25, 0.3) is 0 Å². The van der Waals surface area contributed by atoms with Gasteiger partial charge in [0.1, 0.15) is 11.9 Å². The van der Waals surface area contributed by atoms with Crippen LogP contribution in [0.2, 0.25) is 0 Å². The highest BCUT2D eigenvalue weighted by molar-refractivity contribution is 7.80. The van der Waals surface area contributed by atoms with E-state index in [1.54, 1.807) is 0 Å². The van der Waals surface area contributed by atoms with Crippen LogP contribution in [0.3, 0.4) is 0 Å². The van der Waals surface area contributed by atoms with Gasteiger partial charge in [0, 0.05) is 0 Å².